The lowest BCUT2D eigenvalue weighted by Crippen LogP contribution is -2.43. The summed E-state index contributed by atoms with van der Waals surface area (Å²) < 4.78 is 30.3. The van der Waals surface area contributed by atoms with Crippen LogP contribution in [-0.4, -0.2) is 66.4 Å². The molecule has 1 saturated carbocycles. The van der Waals surface area contributed by atoms with Gasteiger partial charge in [-0.05, 0) is 46.0 Å². The summed E-state index contributed by atoms with van der Waals surface area (Å²) in [5, 5.41) is 12.7. The van der Waals surface area contributed by atoms with E-state index in [1.807, 2.05) is 13.8 Å². The van der Waals surface area contributed by atoms with Crippen LogP contribution in [0.2, 0.25) is 0 Å². The molecule has 1 aliphatic carbocycles. The minimum absolute atomic E-state index is 0.0298. The lowest BCUT2D eigenvalue weighted by atomic mass is 9.99. The Morgan fingerprint density at radius 1 is 1.30 bits per heavy atom. The fourth-order valence-electron chi connectivity index (χ4n) is 4.05. The van der Waals surface area contributed by atoms with E-state index in [1.54, 1.807) is 6.07 Å². The fourth-order valence-corrected chi connectivity index (χ4v) is 4.96. The van der Waals surface area contributed by atoms with Crippen molar-refractivity contribution in [1.82, 2.24) is 19.8 Å². The first kappa shape index (κ1) is 22.5. The minimum Gasteiger partial charge on any atom is -0.446 e. The van der Waals surface area contributed by atoms with Gasteiger partial charge in [-0.15, -0.1) is 0 Å². The number of nitrogens with one attached hydrogen (secondary N) is 3. The number of aromatic nitrogens is 2. The number of piperidine rings is 1. The molecule has 0 bridgehead atoms. The predicted molar refractivity (Wildman–Crippen MR) is 111 cm³/mol. The van der Waals surface area contributed by atoms with E-state index in [-0.39, 0.29) is 30.5 Å². The van der Waals surface area contributed by atoms with Gasteiger partial charge in [0.15, 0.2) is 5.82 Å². The lowest BCUT2D eigenvalue weighted by Gasteiger charge is -2.29. The molecule has 1 aromatic rings. The molecule has 2 fully saturated rings. The van der Waals surface area contributed by atoms with Gasteiger partial charge >= 0.3 is 6.09 Å². The molecule has 10 nitrogen and oxygen atoms in total. The molecular formula is C19H31N5O5S. The highest BCUT2D eigenvalue weighted by atomic mass is 32.2. The Kier molecular flexibility index (Phi) is 7.02. The van der Waals surface area contributed by atoms with Crippen molar-refractivity contribution in [2.24, 2.45) is 5.92 Å². The molecule has 1 aliphatic heterocycles. The fraction of sp³-hybridized carbons (Fsp3) is 0.737. The summed E-state index contributed by atoms with van der Waals surface area (Å²) in [6.45, 7) is 4.41. The zero-order valence-electron chi connectivity index (χ0n) is 17.7. The number of hydrogen-bond acceptors (Lipinski definition) is 6. The van der Waals surface area contributed by atoms with Gasteiger partial charge in [0.25, 0.3) is 0 Å². The van der Waals surface area contributed by atoms with Crippen molar-refractivity contribution < 1.29 is 22.7 Å². The third-order valence-corrected chi connectivity index (χ3v) is 6.85. The van der Waals surface area contributed by atoms with Crippen molar-refractivity contribution in [3.63, 3.8) is 0 Å². The molecule has 0 unspecified atom stereocenters. The Morgan fingerprint density at radius 3 is 2.77 bits per heavy atom. The SMILES string of the molecule is CC(C)NC(=O)O[C@@H]1CC[C@H](c2cc(NC(=O)[C@H]3CCCN(S(C)(=O)=O)C3)n[nH]2)C1. The smallest absolute Gasteiger partial charge is 0.407 e. The van der Waals surface area contributed by atoms with Crippen molar-refractivity contribution >= 4 is 27.8 Å². The number of rotatable bonds is 6. The number of H-pyrrole nitrogens is 1. The number of nitrogens with zero attached hydrogens (tertiary/aromatic N) is 2. The molecule has 30 heavy (non-hydrogen) atoms. The molecule has 0 aromatic carbocycles. The number of sulfonamides is 1. The highest BCUT2D eigenvalue weighted by Crippen LogP contribution is 2.36. The number of alkyl carbamates (subject to hydrolysis) is 1. The van der Waals surface area contributed by atoms with E-state index < -0.39 is 22.0 Å². The molecule has 1 saturated heterocycles. The van der Waals surface area contributed by atoms with Gasteiger partial charge in [0.2, 0.25) is 15.9 Å². The molecule has 2 heterocycles. The molecule has 3 N–H and O–H groups in total. The summed E-state index contributed by atoms with van der Waals surface area (Å²) >= 11 is 0. The maximum absolute atomic E-state index is 12.6. The monoisotopic (exact) mass is 441 g/mol. The van der Waals surface area contributed by atoms with E-state index in [0.717, 1.165) is 24.8 Å². The molecule has 3 atom stereocenters. The second-order valence-corrected chi connectivity index (χ2v) is 10.5. The Bertz CT molecular complexity index is 868. The van der Waals surface area contributed by atoms with Crippen LogP contribution in [0.15, 0.2) is 6.07 Å². The Balaban J connectivity index is 1.52. The van der Waals surface area contributed by atoms with E-state index in [9.17, 15) is 18.0 Å². The molecule has 2 aliphatic rings. The van der Waals surface area contributed by atoms with Crippen LogP contribution in [0.3, 0.4) is 0 Å². The first-order valence-corrected chi connectivity index (χ1v) is 12.2. The number of hydrogen-bond donors (Lipinski definition) is 3. The quantitative estimate of drug-likeness (QED) is 0.616. The Hall–Kier alpha value is -2.14. The molecular weight excluding hydrogens is 410 g/mol. The molecule has 0 spiro atoms. The van der Waals surface area contributed by atoms with Gasteiger partial charge in [-0.2, -0.15) is 5.10 Å². The maximum Gasteiger partial charge on any atom is 0.407 e. The highest BCUT2D eigenvalue weighted by Gasteiger charge is 2.32. The molecule has 3 rings (SSSR count). The zero-order valence-corrected chi connectivity index (χ0v) is 18.5. The maximum atomic E-state index is 12.6. The number of anilines is 1. The van der Waals surface area contributed by atoms with Crippen molar-refractivity contribution in [2.75, 3.05) is 24.7 Å². The van der Waals surface area contributed by atoms with Crippen LogP contribution < -0.4 is 10.6 Å². The van der Waals surface area contributed by atoms with Gasteiger partial charge in [-0.25, -0.2) is 17.5 Å². The summed E-state index contributed by atoms with van der Waals surface area (Å²) in [7, 11) is -3.30. The van der Waals surface area contributed by atoms with Crippen LogP contribution in [0, 0.1) is 5.92 Å². The van der Waals surface area contributed by atoms with E-state index in [2.05, 4.69) is 20.8 Å². The first-order chi connectivity index (χ1) is 14.1. The molecule has 1 aromatic heterocycles. The predicted octanol–water partition coefficient (Wildman–Crippen LogP) is 1.79. The van der Waals surface area contributed by atoms with Gasteiger partial charge in [-0.3, -0.25) is 9.89 Å². The molecule has 2 amide bonds. The Labute approximate surface area is 177 Å². The van der Waals surface area contributed by atoms with Crippen molar-refractivity contribution in [1.29, 1.82) is 0 Å². The number of ether oxygens (including phenoxy) is 1. The number of carbonyl (C=O) groups is 2. The summed E-state index contributed by atoms with van der Waals surface area (Å²) in [6, 6.07) is 1.83. The van der Waals surface area contributed by atoms with E-state index in [4.69, 9.17) is 4.74 Å². The van der Waals surface area contributed by atoms with E-state index >= 15 is 0 Å². The van der Waals surface area contributed by atoms with Crippen LogP contribution in [-0.2, 0) is 19.6 Å². The first-order valence-electron chi connectivity index (χ1n) is 10.4. The molecule has 0 radical (unpaired) electrons. The zero-order chi connectivity index (χ0) is 21.9. The third kappa shape index (κ3) is 5.94. The standard InChI is InChI=1S/C19H31N5O5S/c1-12(2)20-19(26)29-15-7-6-13(9-15)16-10-17(23-22-16)21-18(25)14-5-4-8-24(11-14)30(3,27)28/h10,12-15H,4-9,11H2,1-3H3,(H,20,26)(H2,21,22,23,25)/t13-,14-,15+/m0/s1. The number of aromatic amines is 1. The van der Waals surface area contributed by atoms with E-state index in [0.29, 0.717) is 31.6 Å². The minimum atomic E-state index is -3.30. The molecule has 168 valence electrons. The third-order valence-electron chi connectivity index (χ3n) is 5.58. The van der Waals surface area contributed by atoms with E-state index in [1.165, 1.54) is 4.31 Å². The van der Waals surface area contributed by atoms with Gasteiger partial charge in [0.05, 0.1) is 12.2 Å². The normalized spacial score (nSPS) is 25.3. The van der Waals surface area contributed by atoms with Gasteiger partial charge in [-0.1, -0.05) is 0 Å². The number of carbonyl (C=O) groups excluding carboxylic acids is 2. The summed E-state index contributed by atoms with van der Waals surface area (Å²) in [6.07, 6.45) is 4.27. The highest BCUT2D eigenvalue weighted by molar-refractivity contribution is 7.88. The average molecular weight is 442 g/mol. The van der Waals surface area contributed by atoms with Crippen LogP contribution >= 0.6 is 0 Å². The van der Waals surface area contributed by atoms with Crippen LogP contribution in [0.25, 0.3) is 0 Å². The largest absolute Gasteiger partial charge is 0.446 e. The van der Waals surface area contributed by atoms with Gasteiger partial charge in [0.1, 0.15) is 6.10 Å². The Morgan fingerprint density at radius 2 is 2.07 bits per heavy atom. The van der Waals surface area contributed by atoms with Crippen molar-refractivity contribution in [3.8, 4) is 0 Å². The average Bonchev–Trinajstić information content (AvgIpc) is 3.29. The second kappa shape index (κ2) is 9.34. The van der Waals surface area contributed by atoms with Crippen molar-refractivity contribution in [3.05, 3.63) is 11.8 Å². The molecule has 11 heteroatoms. The van der Waals surface area contributed by atoms with Gasteiger partial charge in [0, 0.05) is 36.8 Å². The summed E-state index contributed by atoms with van der Waals surface area (Å²) in [5.74, 6) is -0.0134. The van der Waals surface area contributed by atoms with Crippen LogP contribution in [0.1, 0.15) is 57.6 Å². The lowest BCUT2D eigenvalue weighted by molar-refractivity contribution is -0.120. The van der Waals surface area contributed by atoms with Crippen LogP contribution in [0.4, 0.5) is 10.6 Å². The summed E-state index contributed by atoms with van der Waals surface area (Å²) in [4.78, 5) is 24.4. The van der Waals surface area contributed by atoms with Gasteiger partial charge < -0.3 is 15.4 Å². The summed E-state index contributed by atoms with van der Waals surface area (Å²) in [5.41, 5.74) is 0.891. The topological polar surface area (TPSA) is 133 Å². The van der Waals surface area contributed by atoms with Crippen molar-refractivity contribution in [2.45, 2.75) is 64.0 Å². The van der Waals surface area contributed by atoms with Crippen LogP contribution in [0.5, 0.6) is 0 Å². The number of amides is 2. The second-order valence-electron chi connectivity index (χ2n) is 8.49.